The first kappa shape index (κ1) is 18.2. The average Bonchev–Trinajstić information content (AvgIpc) is 2.87. The molecule has 0 atom stereocenters. The van der Waals surface area contributed by atoms with E-state index in [0.29, 0.717) is 13.0 Å². The smallest absolute Gasteiger partial charge is 0.220 e. The normalized spacial score (nSPS) is 17.6. The van der Waals surface area contributed by atoms with E-state index in [1.54, 1.807) is 0 Å². The van der Waals surface area contributed by atoms with Crippen molar-refractivity contribution < 1.29 is 9.53 Å². The molecule has 1 saturated heterocycles. The number of benzene rings is 2. The highest BCUT2D eigenvalue weighted by Gasteiger charge is 2.25. The molecule has 27 heavy (non-hydrogen) atoms. The van der Waals surface area contributed by atoms with Crippen LogP contribution in [0, 0.1) is 0 Å². The summed E-state index contributed by atoms with van der Waals surface area (Å²) in [6.07, 6.45) is 2.60. The molecule has 0 bridgehead atoms. The summed E-state index contributed by atoms with van der Waals surface area (Å²) < 4.78 is 5.38. The standard InChI is InChI=1S/C23H28N2O2/c26-23(24-11-12-25-13-15-27-16-14-25)17-22-20-7-3-1-5-18(20)9-10-19-6-2-4-8-21(19)22/h1-8,22H,9-17H2,(H,24,26). The lowest BCUT2D eigenvalue weighted by Crippen LogP contribution is -2.41. The Bertz CT molecular complexity index is 736. The van der Waals surface area contributed by atoms with E-state index in [-0.39, 0.29) is 11.8 Å². The van der Waals surface area contributed by atoms with Crippen molar-refractivity contribution >= 4 is 5.91 Å². The second kappa shape index (κ2) is 8.68. The van der Waals surface area contributed by atoms with Gasteiger partial charge in [-0.2, -0.15) is 0 Å². The van der Waals surface area contributed by atoms with Crippen molar-refractivity contribution in [1.82, 2.24) is 10.2 Å². The first-order valence-corrected chi connectivity index (χ1v) is 10.0. The highest BCUT2D eigenvalue weighted by Crippen LogP contribution is 2.36. The maximum Gasteiger partial charge on any atom is 0.220 e. The number of nitrogens with one attached hydrogen (secondary N) is 1. The molecular formula is C23H28N2O2. The number of fused-ring (bicyclic) bond motifs is 2. The van der Waals surface area contributed by atoms with Crippen LogP contribution >= 0.6 is 0 Å². The van der Waals surface area contributed by atoms with Gasteiger partial charge in [-0.1, -0.05) is 48.5 Å². The molecule has 1 amide bonds. The zero-order valence-corrected chi connectivity index (χ0v) is 15.8. The van der Waals surface area contributed by atoms with Gasteiger partial charge in [0, 0.05) is 38.5 Å². The summed E-state index contributed by atoms with van der Waals surface area (Å²) in [4.78, 5) is 15.1. The van der Waals surface area contributed by atoms with Crippen LogP contribution in [0.15, 0.2) is 48.5 Å². The maximum atomic E-state index is 12.7. The van der Waals surface area contributed by atoms with Crippen LogP contribution in [0.25, 0.3) is 0 Å². The molecule has 2 aromatic rings. The molecular weight excluding hydrogens is 336 g/mol. The minimum atomic E-state index is 0.139. The summed E-state index contributed by atoms with van der Waals surface area (Å²) in [6, 6.07) is 17.2. The van der Waals surface area contributed by atoms with E-state index in [2.05, 4.69) is 58.7 Å². The summed E-state index contributed by atoms with van der Waals surface area (Å²) >= 11 is 0. The van der Waals surface area contributed by atoms with Crippen molar-refractivity contribution in [3.05, 3.63) is 70.8 Å². The van der Waals surface area contributed by atoms with Gasteiger partial charge in [0.2, 0.25) is 5.91 Å². The fourth-order valence-corrected chi connectivity index (χ4v) is 4.30. The lowest BCUT2D eigenvalue weighted by molar-refractivity contribution is -0.121. The third-order valence-corrected chi connectivity index (χ3v) is 5.77. The van der Waals surface area contributed by atoms with Gasteiger partial charge in [0.25, 0.3) is 0 Å². The summed E-state index contributed by atoms with van der Waals surface area (Å²) in [7, 11) is 0. The van der Waals surface area contributed by atoms with Gasteiger partial charge in [0.15, 0.2) is 0 Å². The van der Waals surface area contributed by atoms with Crippen LogP contribution in [0.1, 0.15) is 34.6 Å². The van der Waals surface area contributed by atoms with Crippen molar-refractivity contribution in [3.8, 4) is 0 Å². The summed E-state index contributed by atoms with van der Waals surface area (Å²) in [5.41, 5.74) is 5.37. The molecule has 4 rings (SSSR count). The van der Waals surface area contributed by atoms with Crippen molar-refractivity contribution in [3.63, 3.8) is 0 Å². The Kier molecular flexibility index (Phi) is 5.85. The van der Waals surface area contributed by atoms with Gasteiger partial charge in [-0.05, 0) is 35.1 Å². The lowest BCUT2D eigenvalue weighted by Gasteiger charge is -2.26. The van der Waals surface area contributed by atoms with Crippen molar-refractivity contribution in [2.45, 2.75) is 25.2 Å². The molecule has 4 heteroatoms. The molecule has 142 valence electrons. The van der Waals surface area contributed by atoms with Crippen LogP contribution in [0.3, 0.4) is 0 Å². The van der Waals surface area contributed by atoms with E-state index in [1.807, 2.05) is 0 Å². The average molecular weight is 364 g/mol. The Hall–Kier alpha value is -2.17. The van der Waals surface area contributed by atoms with Gasteiger partial charge in [-0.3, -0.25) is 9.69 Å². The Labute approximate surface area is 161 Å². The number of rotatable bonds is 5. The first-order chi connectivity index (χ1) is 13.3. The van der Waals surface area contributed by atoms with Gasteiger partial charge in [-0.25, -0.2) is 0 Å². The predicted molar refractivity (Wildman–Crippen MR) is 107 cm³/mol. The Morgan fingerprint density at radius 3 is 2.19 bits per heavy atom. The van der Waals surface area contributed by atoms with E-state index in [0.717, 1.165) is 45.7 Å². The van der Waals surface area contributed by atoms with Gasteiger partial charge in [0.1, 0.15) is 0 Å². The quantitative estimate of drug-likeness (QED) is 0.887. The third kappa shape index (κ3) is 4.40. The Balaban J connectivity index is 1.45. The second-order valence-corrected chi connectivity index (χ2v) is 7.46. The zero-order chi connectivity index (χ0) is 18.5. The van der Waals surface area contributed by atoms with E-state index < -0.39 is 0 Å². The van der Waals surface area contributed by atoms with E-state index >= 15 is 0 Å². The highest BCUT2D eigenvalue weighted by atomic mass is 16.5. The first-order valence-electron chi connectivity index (χ1n) is 10.0. The van der Waals surface area contributed by atoms with Gasteiger partial charge in [-0.15, -0.1) is 0 Å². The zero-order valence-electron chi connectivity index (χ0n) is 15.8. The minimum absolute atomic E-state index is 0.139. The van der Waals surface area contributed by atoms with E-state index in [4.69, 9.17) is 4.74 Å². The molecule has 1 fully saturated rings. The monoisotopic (exact) mass is 364 g/mol. The fraction of sp³-hybridized carbons (Fsp3) is 0.435. The third-order valence-electron chi connectivity index (χ3n) is 5.77. The largest absolute Gasteiger partial charge is 0.379 e. The lowest BCUT2D eigenvalue weighted by atomic mass is 9.85. The molecule has 1 N–H and O–H groups in total. The number of morpholine rings is 1. The number of hydrogen-bond acceptors (Lipinski definition) is 3. The molecule has 2 aromatic carbocycles. The minimum Gasteiger partial charge on any atom is -0.379 e. The maximum absolute atomic E-state index is 12.7. The van der Waals surface area contributed by atoms with Gasteiger partial charge >= 0.3 is 0 Å². The summed E-state index contributed by atoms with van der Waals surface area (Å²) in [5, 5.41) is 3.14. The number of amides is 1. The number of hydrogen-bond donors (Lipinski definition) is 1. The van der Waals surface area contributed by atoms with Crippen LogP contribution in [0.5, 0.6) is 0 Å². The van der Waals surface area contributed by atoms with E-state index in [1.165, 1.54) is 22.3 Å². The molecule has 1 aliphatic heterocycles. The van der Waals surface area contributed by atoms with Crippen LogP contribution in [-0.2, 0) is 22.4 Å². The highest BCUT2D eigenvalue weighted by molar-refractivity contribution is 5.78. The number of carbonyl (C=O) groups excluding carboxylic acids is 1. The van der Waals surface area contributed by atoms with Crippen LogP contribution in [-0.4, -0.2) is 50.2 Å². The van der Waals surface area contributed by atoms with Crippen LogP contribution in [0.4, 0.5) is 0 Å². The molecule has 0 radical (unpaired) electrons. The SMILES string of the molecule is O=C(CC1c2ccccc2CCc2ccccc21)NCCN1CCOCC1. The molecule has 0 spiro atoms. The van der Waals surface area contributed by atoms with Crippen LogP contribution < -0.4 is 5.32 Å². The molecule has 4 nitrogen and oxygen atoms in total. The molecule has 0 unspecified atom stereocenters. The second-order valence-electron chi connectivity index (χ2n) is 7.46. The number of carbonyl (C=O) groups is 1. The van der Waals surface area contributed by atoms with Crippen molar-refractivity contribution in [1.29, 1.82) is 0 Å². The molecule has 0 aromatic heterocycles. The fourth-order valence-electron chi connectivity index (χ4n) is 4.30. The Morgan fingerprint density at radius 2 is 1.56 bits per heavy atom. The van der Waals surface area contributed by atoms with E-state index in [9.17, 15) is 4.79 Å². The number of aryl methyl sites for hydroxylation is 2. The number of ether oxygens (including phenoxy) is 1. The topological polar surface area (TPSA) is 41.6 Å². The molecule has 0 saturated carbocycles. The van der Waals surface area contributed by atoms with Gasteiger partial charge in [0.05, 0.1) is 13.2 Å². The molecule has 2 aliphatic rings. The predicted octanol–water partition coefficient (Wildman–Crippen LogP) is 2.76. The summed E-state index contributed by atoms with van der Waals surface area (Å²) in [6.45, 7) is 5.10. The molecule has 1 heterocycles. The van der Waals surface area contributed by atoms with Crippen molar-refractivity contribution in [2.24, 2.45) is 0 Å². The molecule has 1 aliphatic carbocycles. The van der Waals surface area contributed by atoms with Crippen molar-refractivity contribution in [2.75, 3.05) is 39.4 Å². The van der Waals surface area contributed by atoms with Gasteiger partial charge < -0.3 is 10.1 Å². The Morgan fingerprint density at radius 1 is 0.963 bits per heavy atom. The number of nitrogens with zero attached hydrogens (tertiary/aromatic N) is 1. The van der Waals surface area contributed by atoms with Crippen LogP contribution in [0.2, 0.25) is 0 Å². The summed E-state index contributed by atoms with van der Waals surface area (Å²) in [5.74, 6) is 0.281.